The number of nitrogens with zero attached hydrogens (tertiary/aromatic N) is 1. The van der Waals surface area contributed by atoms with Gasteiger partial charge in [0.1, 0.15) is 17.2 Å². The van der Waals surface area contributed by atoms with Gasteiger partial charge in [-0.3, -0.25) is 9.78 Å². The Morgan fingerprint density at radius 2 is 2.00 bits per heavy atom. The molecule has 7 heteroatoms. The number of carbonyl (C=O) groups is 1. The van der Waals surface area contributed by atoms with Crippen molar-refractivity contribution in [3.05, 3.63) is 48.3 Å². The van der Waals surface area contributed by atoms with Gasteiger partial charge < -0.3 is 15.4 Å². The van der Waals surface area contributed by atoms with Crippen LogP contribution in [0.4, 0.5) is 14.5 Å². The number of aromatic nitrogens is 1. The number of ether oxygens (including phenoxy) is 1. The standard InChI is InChI=1S/C19H21F2N3O2/c1-12(13-10-19(20,21)11-13)24-14-4-3-5-15(8-14)26-16-6-7-23-17(9-16)18(25)22-2/h3-9,12-13,24H,10-11H2,1-2H3,(H,22,25). The topological polar surface area (TPSA) is 63.2 Å². The Balaban J connectivity index is 1.65. The quantitative estimate of drug-likeness (QED) is 0.814. The van der Waals surface area contributed by atoms with Crippen LogP contribution in [0.5, 0.6) is 11.5 Å². The monoisotopic (exact) mass is 361 g/mol. The summed E-state index contributed by atoms with van der Waals surface area (Å²) in [5, 5.41) is 5.77. The highest BCUT2D eigenvalue weighted by molar-refractivity contribution is 5.92. The van der Waals surface area contributed by atoms with Crippen LogP contribution in [0.15, 0.2) is 42.6 Å². The first-order chi connectivity index (χ1) is 12.4. The Morgan fingerprint density at radius 3 is 2.69 bits per heavy atom. The van der Waals surface area contributed by atoms with Crippen molar-refractivity contribution in [1.29, 1.82) is 0 Å². The van der Waals surface area contributed by atoms with E-state index < -0.39 is 5.92 Å². The minimum absolute atomic E-state index is 0.0371. The van der Waals surface area contributed by atoms with E-state index in [0.29, 0.717) is 11.5 Å². The van der Waals surface area contributed by atoms with Gasteiger partial charge in [0.2, 0.25) is 5.92 Å². The van der Waals surface area contributed by atoms with E-state index in [0.717, 1.165) is 5.69 Å². The zero-order valence-corrected chi connectivity index (χ0v) is 14.6. The lowest BCUT2D eigenvalue weighted by molar-refractivity contribution is -0.113. The fraction of sp³-hybridized carbons (Fsp3) is 0.368. The van der Waals surface area contributed by atoms with Gasteiger partial charge in [0.05, 0.1) is 0 Å². The fourth-order valence-corrected chi connectivity index (χ4v) is 2.95. The van der Waals surface area contributed by atoms with Gasteiger partial charge in [-0.2, -0.15) is 0 Å². The normalized spacial score (nSPS) is 17.1. The smallest absolute Gasteiger partial charge is 0.269 e. The van der Waals surface area contributed by atoms with Gasteiger partial charge in [-0.15, -0.1) is 0 Å². The van der Waals surface area contributed by atoms with Crippen LogP contribution >= 0.6 is 0 Å². The molecule has 1 unspecified atom stereocenters. The van der Waals surface area contributed by atoms with Crippen LogP contribution in [0.1, 0.15) is 30.3 Å². The maximum atomic E-state index is 13.0. The SMILES string of the molecule is CNC(=O)c1cc(Oc2cccc(NC(C)C3CC(F)(F)C3)c2)ccn1. The number of nitrogens with one attached hydrogen (secondary N) is 2. The van der Waals surface area contributed by atoms with Crippen molar-refractivity contribution in [2.45, 2.75) is 31.7 Å². The molecule has 0 spiro atoms. The molecule has 0 radical (unpaired) electrons. The third-order valence-electron chi connectivity index (χ3n) is 4.48. The molecular weight excluding hydrogens is 340 g/mol. The maximum Gasteiger partial charge on any atom is 0.269 e. The van der Waals surface area contributed by atoms with Crippen LogP contribution in [-0.4, -0.2) is 29.9 Å². The molecule has 3 rings (SSSR count). The summed E-state index contributed by atoms with van der Waals surface area (Å²) in [6, 6.07) is 10.4. The van der Waals surface area contributed by atoms with E-state index in [-0.39, 0.29) is 36.4 Å². The van der Waals surface area contributed by atoms with Crippen LogP contribution in [-0.2, 0) is 0 Å². The molecule has 2 N–H and O–H groups in total. The van der Waals surface area contributed by atoms with Gasteiger partial charge in [-0.25, -0.2) is 8.78 Å². The molecule has 1 aromatic heterocycles. The predicted octanol–water partition coefficient (Wildman–Crippen LogP) is 4.08. The summed E-state index contributed by atoms with van der Waals surface area (Å²) >= 11 is 0. The summed E-state index contributed by atoms with van der Waals surface area (Å²) in [6.45, 7) is 1.91. The van der Waals surface area contributed by atoms with Gasteiger partial charge in [-0.05, 0) is 31.0 Å². The largest absolute Gasteiger partial charge is 0.457 e. The second-order valence-electron chi connectivity index (χ2n) is 6.54. The van der Waals surface area contributed by atoms with Crippen molar-refractivity contribution in [3.63, 3.8) is 0 Å². The molecule has 0 aliphatic heterocycles. The van der Waals surface area contributed by atoms with Crippen LogP contribution in [0.3, 0.4) is 0 Å². The molecule has 1 fully saturated rings. The first-order valence-electron chi connectivity index (χ1n) is 8.47. The van der Waals surface area contributed by atoms with Crippen molar-refractivity contribution in [3.8, 4) is 11.5 Å². The van der Waals surface area contributed by atoms with E-state index in [1.54, 1.807) is 24.3 Å². The van der Waals surface area contributed by atoms with Crippen molar-refractivity contribution in [2.75, 3.05) is 12.4 Å². The molecule has 1 saturated carbocycles. The van der Waals surface area contributed by atoms with Crippen LogP contribution < -0.4 is 15.4 Å². The van der Waals surface area contributed by atoms with Crippen molar-refractivity contribution in [1.82, 2.24) is 10.3 Å². The molecular formula is C19H21F2N3O2. The molecule has 1 aromatic carbocycles. The highest BCUT2D eigenvalue weighted by atomic mass is 19.3. The molecule has 1 heterocycles. The van der Waals surface area contributed by atoms with Gasteiger partial charge in [0.15, 0.2) is 0 Å². The Labute approximate surface area is 150 Å². The van der Waals surface area contributed by atoms with E-state index in [1.807, 2.05) is 19.1 Å². The maximum absolute atomic E-state index is 13.0. The van der Waals surface area contributed by atoms with E-state index in [2.05, 4.69) is 15.6 Å². The van der Waals surface area contributed by atoms with Gasteiger partial charge >= 0.3 is 0 Å². The van der Waals surface area contributed by atoms with Crippen LogP contribution in [0, 0.1) is 5.92 Å². The van der Waals surface area contributed by atoms with Crippen molar-refractivity contribution < 1.29 is 18.3 Å². The lowest BCUT2D eigenvalue weighted by atomic mass is 9.77. The first kappa shape index (κ1) is 18.1. The number of alkyl halides is 2. The Hall–Kier alpha value is -2.70. The molecule has 1 amide bonds. The molecule has 138 valence electrons. The molecule has 5 nitrogen and oxygen atoms in total. The van der Waals surface area contributed by atoms with Gasteiger partial charge in [0, 0.05) is 49.9 Å². The zero-order chi connectivity index (χ0) is 18.7. The summed E-state index contributed by atoms with van der Waals surface area (Å²) in [5.74, 6) is -1.78. The zero-order valence-electron chi connectivity index (χ0n) is 14.6. The number of hydrogen-bond acceptors (Lipinski definition) is 4. The average Bonchev–Trinajstić information content (AvgIpc) is 2.59. The third kappa shape index (κ3) is 4.28. The van der Waals surface area contributed by atoms with Gasteiger partial charge in [0.25, 0.3) is 5.91 Å². The molecule has 1 aliphatic carbocycles. The Bertz CT molecular complexity index is 790. The van der Waals surface area contributed by atoms with E-state index >= 15 is 0 Å². The molecule has 0 saturated heterocycles. The third-order valence-corrected chi connectivity index (χ3v) is 4.48. The lowest BCUT2D eigenvalue weighted by Crippen LogP contribution is -2.43. The predicted molar refractivity (Wildman–Crippen MR) is 94.9 cm³/mol. The number of amides is 1. The fourth-order valence-electron chi connectivity index (χ4n) is 2.95. The number of benzene rings is 1. The summed E-state index contributed by atoms with van der Waals surface area (Å²) < 4.78 is 31.8. The second kappa shape index (κ2) is 7.27. The summed E-state index contributed by atoms with van der Waals surface area (Å²) in [6.07, 6.45) is 1.36. The summed E-state index contributed by atoms with van der Waals surface area (Å²) in [4.78, 5) is 15.6. The number of carbonyl (C=O) groups excluding carboxylic acids is 1. The highest BCUT2D eigenvalue weighted by Crippen LogP contribution is 2.44. The lowest BCUT2D eigenvalue weighted by Gasteiger charge is -2.39. The number of hydrogen-bond donors (Lipinski definition) is 2. The second-order valence-corrected chi connectivity index (χ2v) is 6.54. The number of rotatable bonds is 6. The minimum atomic E-state index is -2.52. The molecule has 1 aliphatic rings. The number of halogens is 2. The number of pyridine rings is 1. The molecule has 26 heavy (non-hydrogen) atoms. The van der Waals surface area contributed by atoms with Crippen LogP contribution in [0.2, 0.25) is 0 Å². The highest BCUT2D eigenvalue weighted by Gasteiger charge is 2.47. The first-order valence-corrected chi connectivity index (χ1v) is 8.47. The van der Waals surface area contributed by atoms with E-state index in [1.165, 1.54) is 13.2 Å². The molecule has 1 atom stereocenters. The minimum Gasteiger partial charge on any atom is -0.457 e. The van der Waals surface area contributed by atoms with E-state index in [9.17, 15) is 13.6 Å². The molecule has 2 aromatic rings. The van der Waals surface area contributed by atoms with E-state index in [4.69, 9.17) is 4.74 Å². The summed E-state index contributed by atoms with van der Waals surface area (Å²) in [7, 11) is 1.53. The van der Waals surface area contributed by atoms with Crippen LogP contribution in [0.25, 0.3) is 0 Å². The number of anilines is 1. The average molecular weight is 361 g/mol. The van der Waals surface area contributed by atoms with Gasteiger partial charge in [-0.1, -0.05) is 6.07 Å². The summed E-state index contributed by atoms with van der Waals surface area (Å²) in [5.41, 5.74) is 1.06. The Kier molecular flexibility index (Phi) is 5.06. The Morgan fingerprint density at radius 1 is 1.27 bits per heavy atom. The van der Waals surface area contributed by atoms with Crippen molar-refractivity contribution >= 4 is 11.6 Å². The molecule has 0 bridgehead atoms. The van der Waals surface area contributed by atoms with Crippen molar-refractivity contribution in [2.24, 2.45) is 5.92 Å².